The number of carbonyl (C=O) groups is 1. The third kappa shape index (κ3) is 8.29. The highest BCUT2D eigenvalue weighted by atomic mass is 79.9. The SMILES string of the molecule is COc1cc(/C=N\NC(=O)CN(c2ccc(C)c(C)c2)S(=O)(=O)c2ccc(Cl)cc2)cc(Br)c1OCc1ccc(Cl)cc1. The standard InChI is InChI=1S/C31H28BrCl2N3O5S/c1-20-4-11-26(14-21(20)2)37(43(39,40)27-12-9-25(34)10-13-27)18-30(38)36-35-17-23-15-28(32)31(29(16-23)41-3)42-19-22-5-7-24(33)8-6-22/h4-17H,18-19H2,1-3H3,(H,36,38)/b35-17-. The minimum atomic E-state index is -4.10. The van der Waals surface area contributed by atoms with Crippen LogP contribution in [0.4, 0.5) is 5.69 Å². The summed E-state index contributed by atoms with van der Waals surface area (Å²) in [5.41, 5.74) is 6.17. The first kappa shape index (κ1) is 32.3. The van der Waals surface area contributed by atoms with E-state index < -0.39 is 22.5 Å². The zero-order valence-electron chi connectivity index (χ0n) is 23.5. The number of anilines is 1. The van der Waals surface area contributed by atoms with Crippen LogP contribution >= 0.6 is 39.1 Å². The van der Waals surface area contributed by atoms with Crippen molar-refractivity contribution in [2.75, 3.05) is 18.0 Å². The molecule has 0 aliphatic carbocycles. The maximum Gasteiger partial charge on any atom is 0.264 e. The number of ether oxygens (including phenoxy) is 2. The molecule has 0 unspecified atom stereocenters. The molecule has 0 fully saturated rings. The molecule has 0 saturated carbocycles. The van der Waals surface area contributed by atoms with Gasteiger partial charge in [-0.25, -0.2) is 13.8 Å². The highest BCUT2D eigenvalue weighted by Gasteiger charge is 2.27. The van der Waals surface area contributed by atoms with Crippen LogP contribution in [0.1, 0.15) is 22.3 Å². The molecule has 0 spiro atoms. The van der Waals surface area contributed by atoms with Crippen molar-refractivity contribution in [2.45, 2.75) is 25.3 Å². The van der Waals surface area contributed by atoms with Gasteiger partial charge in [-0.2, -0.15) is 5.10 Å². The molecule has 0 radical (unpaired) electrons. The molecular weight excluding hydrogens is 677 g/mol. The van der Waals surface area contributed by atoms with Crippen LogP contribution in [-0.2, 0) is 21.4 Å². The molecule has 0 bridgehead atoms. The van der Waals surface area contributed by atoms with Crippen LogP contribution in [0.15, 0.2) is 93.3 Å². The van der Waals surface area contributed by atoms with Gasteiger partial charge in [-0.1, -0.05) is 41.4 Å². The lowest BCUT2D eigenvalue weighted by molar-refractivity contribution is -0.119. The van der Waals surface area contributed by atoms with E-state index in [2.05, 4.69) is 26.5 Å². The van der Waals surface area contributed by atoms with Crippen LogP contribution in [0.25, 0.3) is 0 Å². The van der Waals surface area contributed by atoms with Crippen LogP contribution in [0.2, 0.25) is 10.0 Å². The van der Waals surface area contributed by atoms with Crippen molar-refractivity contribution in [2.24, 2.45) is 5.10 Å². The summed E-state index contributed by atoms with van der Waals surface area (Å²) in [4.78, 5) is 13.0. The second-order valence-corrected chi connectivity index (χ2v) is 13.1. The van der Waals surface area contributed by atoms with Crippen molar-refractivity contribution < 1.29 is 22.7 Å². The van der Waals surface area contributed by atoms with E-state index in [1.807, 2.05) is 26.0 Å². The number of methoxy groups -OCH3 is 1. The number of carbonyl (C=O) groups excluding carboxylic acids is 1. The molecule has 4 aromatic carbocycles. The van der Waals surface area contributed by atoms with Crippen LogP contribution < -0.4 is 19.2 Å². The monoisotopic (exact) mass is 703 g/mol. The minimum absolute atomic E-state index is 0.00162. The van der Waals surface area contributed by atoms with Gasteiger partial charge in [-0.3, -0.25) is 9.10 Å². The van der Waals surface area contributed by atoms with Gasteiger partial charge in [0.2, 0.25) is 0 Å². The number of hydrogen-bond donors (Lipinski definition) is 1. The van der Waals surface area contributed by atoms with Gasteiger partial charge in [0.25, 0.3) is 15.9 Å². The van der Waals surface area contributed by atoms with E-state index in [0.717, 1.165) is 21.0 Å². The number of nitrogens with one attached hydrogen (secondary N) is 1. The lowest BCUT2D eigenvalue weighted by Gasteiger charge is -2.24. The summed E-state index contributed by atoms with van der Waals surface area (Å²) in [5, 5.41) is 5.08. The maximum absolute atomic E-state index is 13.6. The van der Waals surface area contributed by atoms with Gasteiger partial charge in [0.1, 0.15) is 13.2 Å². The van der Waals surface area contributed by atoms with Gasteiger partial charge in [0.15, 0.2) is 11.5 Å². The van der Waals surface area contributed by atoms with Crippen molar-refractivity contribution >= 4 is 67.0 Å². The van der Waals surface area contributed by atoms with Crippen molar-refractivity contribution in [3.05, 3.63) is 116 Å². The van der Waals surface area contributed by atoms with Crippen LogP contribution in [0.3, 0.4) is 0 Å². The summed E-state index contributed by atoms with van der Waals surface area (Å²) in [6, 6.07) is 21.7. The van der Waals surface area contributed by atoms with E-state index in [0.29, 0.717) is 43.9 Å². The number of benzene rings is 4. The predicted octanol–water partition coefficient (Wildman–Crippen LogP) is 7.31. The first-order valence-electron chi connectivity index (χ1n) is 12.9. The molecule has 1 amide bonds. The molecule has 0 aliphatic heterocycles. The Morgan fingerprint density at radius 3 is 2.23 bits per heavy atom. The Labute approximate surface area is 269 Å². The molecule has 224 valence electrons. The Balaban J connectivity index is 1.50. The lowest BCUT2D eigenvalue weighted by Crippen LogP contribution is -2.39. The average molecular weight is 705 g/mol. The Morgan fingerprint density at radius 1 is 0.953 bits per heavy atom. The Kier molecular flexibility index (Phi) is 10.7. The molecule has 1 N–H and O–H groups in total. The molecule has 4 aromatic rings. The first-order chi connectivity index (χ1) is 20.5. The number of hydrogen-bond acceptors (Lipinski definition) is 6. The second kappa shape index (κ2) is 14.3. The van der Waals surface area contributed by atoms with Gasteiger partial charge in [-0.05, 0) is 113 Å². The number of amides is 1. The molecule has 0 atom stereocenters. The van der Waals surface area contributed by atoms with Gasteiger partial charge < -0.3 is 9.47 Å². The van der Waals surface area contributed by atoms with E-state index in [9.17, 15) is 13.2 Å². The third-order valence-corrected chi connectivity index (χ3v) is 9.30. The molecular formula is C31H28BrCl2N3O5S. The number of rotatable bonds is 11. The zero-order valence-corrected chi connectivity index (χ0v) is 27.4. The fraction of sp³-hybridized carbons (Fsp3) is 0.161. The Bertz CT molecular complexity index is 1750. The van der Waals surface area contributed by atoms with Crippen molar-refractivity contribution in [1.82, 2.24) is 5.43 Å². The van der Waals surface area contributed by atoms with Gasteiger partial charge >= 0.3 is 0 Å². The third-order valence-electron chi connectivity index (χ3n) is 6.42. The summed E-state index contributed by atoms with van der Waals surface area (Å²) in [5.74, 6) is 0.308. The summed E-state index contributed by atoms with van der Waals surface area (Å²) < 4.78 is 40.3. The van der Waals surface area contributed by atoms with E-state index in [1.54, 1.807) is 42.5 Å². The van der Waals surface area contributed by atoms with E-state index in [-0.39, 0.29) is 4.90 Å². The van der Waals surface area contributed by atoms with Crippen molar-refractivity contribution in [3.8, 4) is 11.5 Å². The molecule has 0 saturated heterocycles. The number of halogens is 3. The fourth-order valence-corrected chi connectivity index (χ4v) is 6.20. The number of hydrazone groups is 1. The first-order valence-corrected chi connectivity index (χ1v) is 15.9. The van der Waals surface area contributed by atoms with E-state index in [1.165, 1.54) is 37.6 Å². The summed E-state index contributed by atoms with van der Waals surface area (Å²) in [6.07, 6.45) is 1.42. The van der Waals surface area contributed by atoms with Crippen LogP contribution in [-0.4, -0.2) is 34.2 Å². The Morgan fingerprint density at radius 2 is 1.60 bits per heavy atom. The van der Waals surface area contributed by atoms with Crippen LogP contribution in [0.5, 0.6) is 11.5 Å². The summed E-state index contributed by atoms with van der Waals surface area (Å²) >= 11 is 15.4. The second-order valence-electron chi connectivity index (χ2n) is 9.48. The van der Waals surface area contributed by atoms with Gasteiger partial charge in [0, 0.05) is 10.0 Å². The normalized spacial score (nSPS) is 11.4. The van der Waals surface area contributed by atoms with Crippen molar-refractivity contribution in [3.63, 3.8) is 0 Å². The predicted molar refractivity (Wildman–Crippen MR) is 174 cm³/mol. The molecule has 0 heterocycles. The summed E-state index contributed by atoms with van der Waals surface area (Å²) in [6.45, 7) is 3.59. The number of sulfonamides is 1. The summed E-state index contributed by atoms with van der Waals surface area (Å²) in [7, 11) is -2.59. The fourth-order valence-electron chi connectivity index (χ4n) is 3.96. The maximum atomic E-state index is 13.6. The number of aryl methyl sites for hydroxylation is 2. The minimum Gasteiger partial charge on any atom is -0.493 e. The van der Waals surface area contributed by atoms with Crippen molar-refractivity contribution in [1.29, 1.82) is 0 Å². The zero-order chi connectivity index (χ0) is 31.1. The average Bonchev–Trinajstić information content (AvgIpc) is 2.97. The molecule has 43 heavy (non-hydrogen) atoms. The molecule has 8 nitrogen and oxygen atoms in total. The molecule has 12 heteroatoms. The number of nitrogens with zero attached hydrogens (tertiary/aromatic N) is 2. The topological polar surface area (TPSA) is 97.3 Å². The highest BCUT2D eigenvalue weighted by Crippen LogP contribution is 2.37. The quantitative estimate of drug-likeness (QED) is 0.131. The smallest absolute Gasteiger partial charge is 0.264 e. The molecule has 4 rings (SSSR count). The van der Waals surface area contributed by atoms with Crippen LogP contribution in [0, 0.1) is 13.8 Å². The van der Waals surface area contributed by atoms with E-state index in [4.69, 9.17) is 32.7 Å². The molecule has 0 aliphatic rings. The van der Waals surface area contributed by atoms with Gasteiger partial charge in [0.05, 0.1) is 28.4 Å². The lowest BCUT2D eigenvalue weighted by atomic mass is 10.1. The Hall–Kier alpha value is -3.57. The highest BCUT2D eigenvalue weighted by molar-refractivity contribution is 9.10. The van der Waals surface area contributed by atoms with E-state index >= 15 is 0 Å². The largest absolute Gasteiger partial charge is 0.493 e. The molecule has 0 aromatic heterocycles. The van der Waals surface area contributed by atoms with Gasteiger partial charge in [-0.15, -0.1) is 0 Å².